The van der Waals surface area contributed by atoms with E-state index < -0.39 is 0 Å². The highest BCUT2D eigenvalue weighted by Crippen LogP contribution is 2.29. The van der Waals surface area contributed by atoms with Crippen molar-refractivity contribution in [3.05, 3.63) is 29.8 Å². The van der Waals surface area contributed by atoms with E-state index >= 15 is 0 Å². The lowest BCUT2D eigenvalue weighted by Crippen LogP contribution is -2.38. The molecule has 0 aliphatic carbocycles. The van der Waals surface area contributed by atoms with Crippen LogP contribution >= 0.6 is 0 Å². The molecular weight excluding hydrogens is 288 g/mol. The van der Waals surface area contributed by atoms with Crippen molar-refractivity contribution in [2.75, 3.05) is 33.3 Å². The molecule has 1 unspecified atom stereocenters. The summed E-state index contributed by atoms with van der Waals surface area (Å²) in [6, 6.07) is 8.38. The zero-order valence-electron chi connectivity index (χ0n) is 14.1. The summed E-state index contributed by atoms with van der Waals surface area (Å²) >= 11 is 0. The van der Waals surface area contributed by atoms with Crippen LogP contribution in [0, 0.1) is 5.92 Å². The lowest BCUT2D eigenvalue weighted by Gasteiger charge is -2.32. The number of benzene rings is 1. The molecule has 0 spiro atoms. The van der Waals surface area contributed by atoms with Crippen molar-refractivity contribution in [1.82, 2.24) is 10.2 Å². The quantitative estimate of drug-likeness (QED) is 0.908. The summed E-state index contributed by atoms with van der Waals surface area (Å²) in [4.78, 5) is 14.4. The molecule has 2 heterocycles. The monoisotopic (exact) mass is 316 g/mol. The number of carbonyl (C=O) groups is 1. The molecule has 2 aliphatic heterocycles. The number of carbonyl (C=O) groups excluding carboxylic acids is 1. The molecule has 2 aliphatic rings. The second-order valence-electron chi connectivity index (χ2n) is 6.83. The van der Waals surface area contributed by atoms with E-state index in [1.165, 1.54) is 12.0 Å². The molecule has 4 heteroatoms. The number of likely N-dealkylation sites (tertiary alicyclic amines) is 1. The van der Waals surface area contributed by atoms with Crippen LogP contribution in [-0.4, -0.2) is 44.1 Å². The zero-order chi connectivity index (χ0) is 16.1. The van der Waals surface area contributed by atoms with Crippen molar-refractivity contribution < 1.29 is 9.53 Å². The topological polar surface area (TPSA) is 41.6 Å². The van der Waals surface area contributed by atoms with Crippen LogP contribution in [-0.2, 0) is 4.79 Å². The van der Waals surface area contributed by atoms with Crippen molar-refractivity contribution in [2.45, 2.75) is 38.0 Å². The molecule has 1 aromatic carbocycles. The molecule has 1 aromatic rings. The maximum Gasteiger partial charge on any atom is 0.222 e. The molecule has 0 aromatic heterocycles. The molecule has 0 bridgehead atoms. The molecule has 1 amide bonds. The van der Waals surface area contributed by atoms with E-state index in [1.54, 1.807) is 7.11 Å². The fourth-order valence-corrected chi connectivity index (χ4v) is 3.78. The van der Waals surface area contributed by atoms with Crippen LogP contribution in [0.5, 0.6) is 5.75 Å². The SMILES string of the molecule is COc1ccc(C2CCN(C(=O)CCC3CCNC3)CC2)cc1. The number of ether oxygens (including phenoxy) is 1. The van der Waals surface area contributed by atoms with Gasteiger partial charge in [-0.25, -0.2) is 0 Å². The van der Waals surface area contributed by atoms with Gasteiger partial charge in [-0.05, 0) is 68.3 Å². The Labute approximate surface area is 139 Å². The van der Waals surface area contributed by atoms with Gasteiger partial charge in [0.15, 0.2) is 0 Å². The fraction of sp³-hybridized carbons (Fsp3) is 0.632. The first kappa shape index (κ1) is 16.3. The highest BCUT2D eigenvalue weighted by atomic mass is 16.5. The lowest BCUT2D eigenvalue weighted by atomic mass is 9.89. The Morgan fingerprint density at radius 2 is 1.96 bits per heavy atom. The number of hydrogen-bond acceptors (Lipinski definition) is 3. The van der Waals surface area contributed by atoms with E-state index in [-0.39, 0.29) is 0 Å². The van der Waals surface area contributed by atoms with Gasteiger partial charge in [-0.2, -0.15) is 0 Å². The second-order valence-corrected chi connectivity index (χ2v) is 6.83. The average molecular weight is 316 g/mol. The zero-order valence-corrected chi connectivity index (χ0v) is 14.1. The highest BCUT2D eigenvalue weighted by Gasteiger charge is 2.24. The Morgan fingerprint density at radius 1 is 1.22 bits per heavy atom. The van der Waals surface area contributed by atoms with Crippen LogP contribution in [0.4, 0.5) is 0 Å². The Kier molecular flexibility index (Phi) is 5.55. The molecule has 3 rings (SSSR count). The minimum atomic E-state index is 0.352. The smallest absolute Gasteiger partial charge is 0.222 e. The third-order valence-electron chi connectivity index (χ3n) is 5.36. The van der Waals surface area contributed by atoms with Gasteiger partial charge in [0.05, 0.1) is 7.11 Å². The van der Waals surface area contributed by atoms with Crippen molar-refractivity contribution >= 4 is 5.91 Å². The number of piperidine rings is 1. The van der Waals surface area contributed by atoms with E-state index in [9.17, 15) is 4.79 Å². The summed E-state index contributed by atoms with van der Waals surface area (Å²) in [5.41, 5.74) is 1.37. The minimum Gasteiger partial charge on any atom is -0.497 e. The molecule has 126 valence electrons. The van der Waals surface area contributed by atoms with Crippen molar-refractivity contribution in [3.8, 4) is 5.75 Å². The van der Waals surface area contributed by atoms with Crippen molar-refractivity contribution in [2.24, 2.45) is 5.92 Å². The Morgan fingerprint density at radius 3 is 2.57 bits per heavy atom. The van der Waals surface area contributed by atoms with E-state index in [0.29, 0.717) is 17.7 Å². The molecule has 1 atom stereocenters. The summed E-state index contributed by atoms with van der Waals surface area (Å²) in [6.07, 6.45) is 5.14. The average Bonchev–Trinajstić information content (AvgIpc) is 3.13. The Hall–Kier alpha value is -1.55. The normalized spacial score (nSPS) is 22.3. The van der Waals surface area contributed by atoms with E-state index in [4.69, 9.17) is 4.74 Å². The van der Waals surface area contributed by atoms with Gasteiger partial charge in [-0.3, -0.25) is 4.79 Å². The largest absolute Gasteiger partial charge is 0.497 e. The number of methoxy groups -OCH3 is 1. The van der Waals surface area contributed by atoms with Gasteiger partial charge < -0.3 is 15.0 Å². The third kappa shape index (κ3) is 4.25. The molecular formula is C19H28N2O2. The third-order valence-corrected chi connectivity index (χ3v) is 5.36. The molecule has 0 saturated carbocycles. The van der Waals surface area contributed by atoms with Crippen LogP contribution in [0.15, 0.2) is 24.3 Å². The first-order valence-electron chi connectivity index (χ1n) is 8.88. The predicted octanol–water partition coefficient (Wildman–Crippen LogP) is 2.79. The van der Waals surface area contributed by atoms with Gasteiger partial charge in [-0.15, -0.1) is 0 Å². The maximum atomic E-state index is 12.4. The van der Waals surface area contributed by atoms with E-state index in [1.807, 2.05) is 12.1 Å². The van der Waals surface area contributed by atoms with Crippen LogP contribution in [0.3, 0.4) is 0 Å². The number of hydrogen-bond donors (Lipinski definition) is 1. The molecule has 4 nitrogen and oxygen atoms in total. The summed E-state index contributed by atoms with van der Waals surface area (Å²) in [7, 11) is 1.70. The van der Waals surface area contributed by atoms with Crippen molar-refractivity contribution in [3.63, 3.8) is 0 Å². The summed E-state index contributed by atoms with van der Waals surface area (Å²) in [6.45, 7) is 4.01. The predicted molar refractivity (Wildman–Crippen MR) is 91.8 cm³/mol. The molecule has 2 fully saturated rings. The molecule has 2 saturated heterocycles. The van der Waals surface area contributed by atoms with Crippen LogP contribution in [0.1, 0.15) is 43.6 Å². The Balaban J connectivity index is 1.44. The van der Waals surface area contributed by atoms with E-state index in [2.05, 4.69) is 22.3 Å². The number of rotatable bonds is 5. The first-order valence-corrected chi connectivity index (χ1v) is 8.88. The summed E-state index contributed by atoms with van der Waals surface area (Å²) in [5, 5.41) is 3.37. The number of nitrogens with one attached hydrogen (secondary N) is 1. The van der Waals surface area contributed by atoms with Crippen LogP contribution in [0.2, 0.25) is 0 Å². The van der Waals surface area contributed by atoms with Gasteiger partial charge >= 0.3 is 0 Å². The molecule has 23 heavy (non-hydrogen) atoms. The summed E-state index contributed by atoms with van der Waals surface area (Å²) in [5.74, 6) is 2.53. The standard InChI is InChI=1S/C19H28N2O2/c1-23-18-5-3-16(4-6-18)17-9-12-21(13-10-17)19(22)7-2-15-8-11-20-14-15/h3-6,15,17,20H,2,7-14H2,1H3. The van der Waals surface area contributed by atoms with Gasteiger partial charge in [0, 0.05) is 19.5 Å². The Bertz CT molecular complexity index is 501. The van der Waals surface area contributed by atoms with Crippen LogP contribution < -0.4 is 10.1 Å². The number of amides is 1. The van der Waals surface area contributed by atoms with E-state index in [0.717, 1.165) is 57.6 Å². The van der Waals surface area contributed by atoms with Crippen LogP contribution in [0.25, 0.3) is 0 Å². The van der Waals surface area contributed by atoms with Gasteiger partial charge in [0.2, 0.25) is 5.91 Å². The number of nitrogens with zero attached hydrogens (tertiary/aromatic N) is 1. The maximum absolute atomic E-state index is 12.4. The van der Waals surface area contributed by atoms with Gasteiger partial charge in [-0.1, -0.05) is 12.1 Å². The first-order chi connectivity index (χ1) is 11.3. The molecule has 1 N–H and O–H groups in total. The molecule has 0 radical (unpaired) electrons. The fourth-order valence-electron chi connectivity index (χ4n) is 3.78. The second kappa shape index (κ2) is 7.82. The minimum absolute atomic E-state index is 0.352. The summed E-state index contributed by atoms with van der Waals surface area (Å²) < 4.78 is 5.22. The lowest BCUT2D eigenvalue weighted by molar-refractivity contribution is -0.132. The van der Waals surface area contributed by atoms with Crippen molar-refractivity contribution in [1.29, 1.82) is 0 Å². The van der Waals surface area contributed by atoms with Gasteiger partial charge in [0.1, 0.15) is 5.75 Å². The highest BCUT2D eigenvalue weighted by molar-refractivity contribution is 5.76. The van der Waals surface area contributed by atoms with Gasteiger partial charge in [0.25, 0.3) is 0 Å².